The van der Waals surface area contributed by atoms with Gasteiger partial charge in [-0.3, -0.25) is 4.90 Å². The molecule has 22 heavy (non-hydrogen) atoms. The van der Waals surface area contributed by atoms with E-state index in [9.17, 15) is 4.39 Å². The van der Waals surface area contributed by atoms with E-state index >= 15 is 0 Å². The Morgan fingerprint density at radius 2 is 1.95 bits per heavy atom. The average molecular weight is 349 g/mol. The van der Waals surface area contributed by atoms with E-state index < -0.39 is 0 Å². The highest BCUT2D eigenvalue weighted by atomic mass is 35.5. The number of rotatable bonds is 5. The summed E-state index contributed by atoms with van der Waals surface area (Å²) in [4.78, 5) is 2.39. The summed E-state index contributed by atoms with van der Waals surface area (Å²) < 4.78 is 14.5. The van der Waals surface area contributed by atoms with Gasteiger partial charge in [-0.25, -0.2) is 4.39 Å². The van der Waals surface area contributed by atoms with Crippen LogP contribution in [0.1, 0.15) is 43.9 Å². The highest BCUT2D eigenvalue weighted by Crippen LogP contribution is 2.38. The van der Waals surface area contributed by atoms with Crippen LogP contribution in [0.4, 0.5) is 4.39 Å². The summed E-state index contributed by atoms with van der Waals surface area (Å²) in [7, 11) is 0. The van der Waals surface area contributed by atoms with Gasteiger partial charge in [-0.2, -0.15) is 0 Å². The molecule has 2 nitrogen and oxygen atoms in total. The highest BCUT2D eigenvalue weighted by Gasteiger charge is 2.31. The lowest BCUT2D eigenvalue weighted by molar-refractivity contribution is 0.123. The quantitative estimate of drug-likeness (QED) is 0.836. The Kier molecular flexibility index (Phi) is 8.12. The molecule has 0 bridgehead atoms. The molecule has 0 radical (unpaired) electrons. The van der Waals surface area contributed by atoms with Crippen molar-refractivity contribution in [1.29, 1.82) is 0 Å². The van der Waals surface area contributed by atoms with Crippen molar-refractivity contribution in [3.63, 3.8) is 0 Å². The molecule has 1 aliphatic rings. The van der Waals surface area contributed by atoms with E-state index in [1.807, 2.05) is 6.92 Å². The molecule has 2 atom stereocenters. The molecule has 1 fully saturated rings. The lowest BCUT2D eigenvalue weighted by atomic mass is 9.88. The summed E-state index contributed by atoms with van der Waals surface area (Å²) >= 11 is 6.47. The van der Waals surface area contributed by atoms with Crippen molar-refractivity contribution in [3.05, 3.63) is 34.1 Å². The largest absolute Gasteiger partial charge is 0.314 e. The molecule has 5 heteroatoms. The molecule has 126 valence electrons. The number of halogens is 3. The molecule has 1 N–H and O–H groups in total. The minimum atomic E-state index is -0.169. The maximum absolute atomic E-state index is 14.5. The first kappa shape index (κ1) is 19.7. The third-order valence-corrected chi connectivity index (χ3v) is 4.95. The summed E-state index contributed by atoms with van der Waals surface area (Å²) in [5.41, 5.74) is 1.65. The molecule has 0 amide bonds. The maximum Gasteiger partial charge on any atom is 0.129 e. The third-order valence-electron chi connectivity index (χ3n) is 4.44. The van der Waals surface area contributed by atoms with Crippen LogP contribution in [-0.2, 0) is 0 Å². The number of benzene rings is 1. The van der Waals surface area contributed by atoms with Crippen LogP contribution in [0.15, 0.2) is 12.1 Å². The van der Waals surface area contributed by atoms with Crippen molar-refractivity contribution in [2.75, 3.05) is 26.2 Å². The zero-order valence-corrected chi connectivity index (χ0v) is 15.2. The van der Waals surface area contributed by atoms with Crippen LogP contribution in [0.3, 0.4) is 0 Å². The number of nitrogens with zero attached hydrogens (tertiary/aromatic N) is 1. The molecule has 1 saturated heterocycles. The zero-order valence-electron chi connectivity index (χ0n) is 13.7. The van der Waals surface area contributed by atoms with Crippen LogP contribution in [0.5, 0.6) is 0 Å². The van der Waals surface area contributed by atoms with E-state index in [2.05, 4.69) is 24.1 Å². The van der Waals surface area contributed by atoms with Gasteiger partial charge in [0.25, 0.3) is 0 Å². The van der Waals surface area contributed by atoms with Crippen LogP contribution in [0.25, 0.3) is 0 Å². The lowest BCUT2D eigenvalue weighted by Gasteiger charge is -2.39. The fraction of sp³-hybridized carbons (Fsp3) is 0.647. The fourth-order valence-corrected chi connectivity index (χ4v) is 3.62. The minimum absolute atomic E-state index is 0. The van der Waals surface area contributed by atoms with E-state index in [-0.39, 0.29) is 24.3 Å². The van der Waals surface area contributed by atoms with Crippen LogP contribution in [0.2, 0.25) is 5.02 Å². The molecule has 1 unspecified atom stereocenters. The third kappa shape index (κ3) is 4.35. The second kappa shape index (κ2) is 9.07. The molecular weight excluding hydrogens is 322 g/mol. The number of aryl methyl sites for hydroxylation is 1. The van der Waals surface area contributed by atoms with E-state index in [1.54, 1.807) is 12.1 Å². The van der Waals surface area contributed by atoms with Crippen molar-refractivity contribution in [3.8, 4) is 0 Å². The van der Waals surface area contributed by atoms with Gasteiger partial charge in [-0.15, -0.1) is 12.4 Å². The standard InChI is InChI=1S/C17H26ClFN2.ClH/c1-4-5-13(3)17(21-10-8-20-9-11-21)15-14(19)7-6-12(2)16(15)18;/h6-7,13,17,20H,4-5,8-11H2,1-3H3;1H/t13?,17-;/m0./s1. The van der Waals surface area contributed by atoms with Crippen molar-refractivity contribution >= 4 is 24.0 Å². The van der Waals surface area contributed by atoms with Crippen LogP contribution in [0, 0.1) is 18.7 Å². The minimum Gasteiger partial charge on any atom is -0.314 e. The number of piperazine rings is 1. The second-order valence-electron chi connectivity index (χ2n) is 6.09. The van der Waals surface area contributed by atoms with Gasteiger partial charge in [0.2, 0.25) is 0 Å². The normalized spacial score (nSPS) is 18.6. The van der Waals surface area contributed by atoms with E-state index in [1.165, 1.54) is 0 Å². The smallest absolute Gasteiger partial charge is 0.129 e. The SMILES string of the molecule is CCCC(C)[C@@H](c1c(F)ccc(C)c1Cl)N1CCNCC1.Cl. The first-order chi connectivity index (χ1) is 10.1. The van der Waals surface area contributed by atoms with Gasteiger partial charge in [0.1, 0.15) is 5.82 Å². The molecule has 0 saturated carbocycles. The molecule has 0 aromatic heterocycles. The second-order valence-corrected chi connectivity index (χ2v) is 6.47. The summed E-state index contributed by atoms with van der Waals surface area (Å²) in [5.74, 6) is 0.221. The molecule has 1 aliphatic heterocycles. The predicted molar refractivity (Wildman–Crippen MR) is 94.7 cm³/mol. The van der Waals surface area contributed by atoms with E-state index in [4.69, 9.17) is 11.6 Å². The van der Waals surface area contributed by atoms with Gasteiger partial charge in [-0.05, 0) is 30.9 Å². The van der Waals surface area contributed by atoms with Gasteiger partial charge in [-0.1, -0.05) is 37.9 Å². The molecule has 0 spiro atoms. The maximum atomic E-state index is 14.5. The Bertz CT molecular complexity index is 476. The van der Waals surface area contributed by atoms with Crippen molar-refractivity contribution < 1.29 is 4.39 Å². The van der Waals surface area contributed by atoms with Crippen LogP contribution in [-0.4, -0.2) is 31.1 Å². The molecule has 2 rings (SSSR count). The number of nitrogens with one attached hydrogen (secondary N) is 1. The average Bonchev–Trinajstić information content (AvgIpc) is 2.48. The van der Waals surface area contributed by atoms with Crippen molar-refractivity contribution in [1.82, 2.24) is 10.2 Å². The van der Waals surface area contributed by atoms with Gasteiger partial charge >= 0.3 is 0 Å². The Hall–Kier alpha value is -0.350. The van der Waals surface area contributed by atoms with Gasteiger partial charge in [0, 0.05) is 37.8 Å². The predicted octanol–water partition coefficient (Wildman–Crippen LogP) is 4.59. The topological polar surface area (TPSA) is 15.3 Å². The Labute approximate surface area is 144 Å². The van der Waals surface area contributed by atoms with Gasteiger partial charge in [0.05, 0.1) is 5.02 Å². The number of hydrogen-bond donors (Lipinski definition) is 1. The summed E-state index contributed by atoms with van der Waals surface area (Å²) in [6, 6.07) is 3.39. The molecular formula is C17H27Cl2FN2. The fourth-order valence-electron chi connectivity index (χ4n) is 3.35. The summed E-state index contributed by atoms with van der Waals surface area (Å²) in [5, 5.41) is 3.96. The first-order valence-electron chi connectivity index (χ1n) is 7.95. The number of hydrogen-bond acceptors (Lipinski definition) is 2. The van der Waals surface area contributed by atoms with Crippen LogP contribution >= 0.6 is 24.0 Å². The van der Waals surface area contributed by atoms with Crippen LogP contribution < -0.4 is 5.32 Å². The van der Waals surface area contributed by atoms with E-state index in [0.717, 1.165) is 44.6 Å². The lowest BCUT2D eigenvalue weighted by Crippen LogP contribution is -2.47. The summed E-state index contributed by atoms with van der Waals surface area (Å²) in [6.45, 7) is 10.2. The van der Waals surface area contributed by atoms with Crippen molar-refractivity contribution in [2.45, 2.75) is 39.7 Å². The van der Waals surface area contributed by atoms with Crippen molar-refractivity contribution in [2.24, 2.45) is 5.92 Å². The Balaban J connectivity index is 0.00000242. The first-order valence-corrected chi connectivity index (χ1v) is 8.33. The van der Waals surface area contributed by atoms with Gasteiger partial charge < -0.3 is 5.32 Å². The molecule has 1 aromatic carbocycles. The summed E-state index contributed by atoms with van der Waals surface area (Å²) in [6.07, 6.45) is 2.19. The molecule has 0 aliphatic carbocycles. The Morgan fingerprint density at radius 3 is 2.55 bits per heavy atom. The highest BCUT2D eigenvalue weighted by molar-refractivity contribution is 6.32. The molecule has 1 heterocycles. The van der Waals surface area contributed by atoms with E-state index in [0.29, 0.717) is 16.5 Å². The monoisotopic (exact) mass is 348 g/mol. The molecule has 1 aromatic rings. The Morgan fingerprint density at radius 1 is 1.32 bits per heavy atom. The van der Waals surface area contributed by atoms with Gasteiger partial charge in [0.15, 0.2) is 0 Å². The zero-order chi connectivity index (χ0) is 15.4.